The number of carbonyl (C=O) groups is 1. The van der Waals surface area contributed by atoms with Crippen molar-refractivity contribution in [3.8, 4) is 17.0 Å². The van der Waals surface area contributed by atoms with E-state index >= 15 is 0 Å². The summed E-state index contributed by atoms with van der Waals surface area (Å²) in [4.78, 5) is 12.3. The van der Waals surface area contributed by atoms with Crippen LogP contribution in [-0.2, 0) is 17.9 Å². The first kappa shape index (κ1) is 19.6. The van der Waals surface area contributed by atoms with Crippen molar-refractivity contribution in [1.29, 1.82) is 0 Å². The first-order chi connectivity index (χ1) is 14.6. The Kier molecular flexibility index (Phi) is 5.75. The van der Waals surface area contributed by atoms with Crippen molar-refractivity contribution in [2.45, 2.75) is 33.0 Å². The van der Waals surface area contributed by atoms with Crippen LogP contribution in [0.15, 0.2) is 72.8 Å². The molecule has 4 aromatic rings. The lowest BCUT2D eigenvalue weighted by molar-refractivity contribution is -0.122. The molecular weight excluding hydrogens is 376 g/mol. The highest BCUT2D eigenvalue weighted by atomic mass is 16.5. The van der Waals surface area contributed by atoms with Gasteiger partial charge < -0.3 is 10.1 Å². The summed E-state index contributed by atoms with van der Waals surface area (Å²) in [5.41, 5.74) is 2.41. The van der Waals surface area contributed by atoms with Crippen LogP contribution in [0.2, 0.25) is 0 Å². The van der Waals surface area contributed by atoms with Crippen molar-refractivity contribution < 1.29 is 9.53 Å². The van der Waals surface area contributed by atoms with Gasteiger partial charge in [-0.15, -0.1) is 5.10 Å². The third kappa shape index (κ3) is 4.49. The average molecular weight is 400 g/mol. The highest BCUT2D eigenvalue weighted by Crippen LogP contribution is 2.25. The number of hydrogen-bond acceptors (Lipinski definition) is 4. The predicted molar refractivity (Wildman–Crippen MR) is 117 cm³/mol. The average Bonchev–Trinajstić information content (AvgIpc) is 3.14. The number of fused-ring (bicyclic) bond motifs is 1. The van der Waals surface area contributed by atoms with Crippen molar-refractivity contribution in [2.75, 3.05) is 0 Å². The molecule has 3 aromatic carbocycles. The first-order valence-corrected chi connectivity index (χ1v) is 9.99. The zero-order valence-corrected chi connectivity index (χ0v) is 17.1. The molecule has 0 unspecified atom stereocenters. The van der Waals surface area contributed by atoms with Crippen molar-refractivity contribution in [3.05, 3.63) is 78.5 Å². The van der Waals surface area contributed by atoms with Gasteiger partial charge in [-0.25, -0.2) is 4.68 Å². The molecule has 1 heterocycles. The Bertz CT molecular complexity index is 1150. The second-order valence-electron chi connectivity index (χ2n) is 7.43. The molecule has 0 saturated heterocycles. The molecule has 0 saturated carbocycles. The van der Waals surface area contributed by atoms with Crippen LogP contribution in [0, 0.1) is 0 Å². The summed E-state index contributed by atoms with van der Waals surface area (Å²) in [5, 5.41) is 13.7. The molecule has 0 radical (unpaired) electrons. The lowest BCUT2D eigenvalue weighted by Crippen LogP contribution is -2.33. The molecule has 0 fully saturated rings. The van der Waals surface area contributed by atoms with E-state index in [0.29, 0.717) is 5.69 Å². The zero-order chi connectivity index (χ0) is 20.9. The molecule has 6 heteroatoms. The van der Waals surface area contributed by atoms with Gasteiger partial charge in [0.2, 0.25) is 5.91 Å². The van der Waals surface area contributed by atoms with Crippen LogP contribution in [-0.4, -0.2) is 26.9 Å². The Balaban J connectivity index is 1.61. The lowest BCUT2D eigenvalue weighted by atomic mass is 10.1. The number of rotatable bonds is 7. The molecule has 0 bridgehead atoms. The summed E-state index contributed by atoms with van der Waals surface area (Å²) < 4.78 is 7.70. The van der Waals surface area contributed by atoms with E-state index < -0.39 is 0 Å². The maximum absolute atomic E-state index is 12.3. The molecule has 6 nitrogen and oxygen atoms in total. The van der Waals surface area contributed by atoms with Gasteiger partial charge in [0.15, 0.2) is 0 Å². The third-order valence-corrected chi connectivity index (χ3v) is 4.72. The number of benzene rings is 3. The van der Waals surface area contributed by atoms with E-state index in [1.54, 1.807) is 4.68 Å². The fourth-order valence-electron chi connectivity index (χ4n) is 3.34. The standard InChI is InChI=1S/C24H24N4O2/c1-17(2)25-23(29)15-28-22(24(26-27-28)19-9-4-3-5-10-19)16-30-21-13-12-18-8-6-7-11-20(18)14-21/h3-14,17H,15-16H2,1-2H3,(H,25,29). The molecule has 4 rings (SSSR count). The maximum atomic E-state index is 12.3. The molecule has 1 N–H and O–H groups in total. The van der Waals surface area contributed by atoms with Crippen LogP contribution in [0.25, 0.3) is 22.0 Å². The summed E-state index contributed by atoms with van der Waals surface area (Å²) in [5.74, 6) is 0.647. The molecule has 152 valence electrons. The SMILES string of the molecule is CC(C)NC(=O)Cn1nnc(-c2ccccc2)c1COc1ccc2ccccc2c1. The Hall–Kier alpha value is -3.67. The fourth-order valence-corrected chi connectivity index (χ4v) is 3.34. The van der Waals surface area contributed by atoms with Gasteiger partial charge in [-0.1, -0.05) is 65.9 Å². The van der Waals surface area contributed by atoms with Gasteiger partial charge in [0, 0.05) is 11.6 Å². The molecule has 1 amide bonds. The van der Waals surface area contributed by atoms with E-state index in [0.717, 1.165) is 27.8 Å². The molecule has 30 heavy (non-hydrogen) atoms. The fraction of sp³-hybridized carbons (Fsp3) is 0.208. The number of ether oxygens (including phenoxy) is 1. The van der Waals surface area contributed by atoms with Crippen LogP contribution < -0.4 is 10.1 Å². The minimum Gasteiger partial charge on any atom is -0.487 e. The van der Waals surface area contributed by atoms with Gasteiger partial charge >= 0.3 is 0 Å². The van der Waals surface area contributed by atoms with Crippen molar-refractivity contribution in [2.24, 2.45) is 0 Å². The van der Waals surface area contributed by atoms with Crippen molar-refractivity contribution >= 4 is 16.7 Å². The van der Waals surface area contributed by atoms with E-state index in [2.05, 4.69) is 27.8 Å². The number of amides is 1. The Morgan fingerprint density at radius 3 is 2.50 bits per heavy atom. The van der Waals surface area contributed by atoms with Crippen molar-refractivity contribution in [3.63, 3.8) is 0 Å². The molecule has 0 spiro atoms. The first-order valence-electron chi connectivity index (χ1n) is 9.99. The van der Waals surface area contributed by atoms with Gasteiger partial charge in [0.05, 0.1) is 0 Å². The quantitative estimate of drug-likeness (QED) is 0.505. The minimum absolute atomic E-state index is 0.0620. The summed E-state index contributed by atoms with van der Waals surface area (Å²) in [7, 11) is 0. The summed E-state index contributed by atoms with van der Waals surface area (Å²) >= 11 is 0. The Morgan fingerprint density at radius 1 is 1.00 bits per heavy atom. The molecule has 0 aliphatic carbocycles. The normalized spacial score (nSPS) is 11.0. The molecular formula is C24H24N4O2. The van der Waals surface area contributed by atoms with Crippen LogP contribution in [0.5, 0.6) is 5.75 Å². The van der Waals surface area contributed by atoms with Crippen LogP contribution in [0.4, 0.5) is 0 Å². The molecule has 0 atom stereocenters. The van der Waals surface area contributed by atoms with Crippen LogP contribution in [0.3, 0.4) is 0 Å². The van der Waals surface area contributed by atoms with E-state index in [1.807, 2.05) is 74.5 Å². The molecule has 0 aliphatic rings. The van der Waals surface area contributed by atoms with Gasteiger partial charge in [-0.2, -0.15) is 0 Å². The second-order valence-corrected chi connectivity index (χ2v) is 7.43. The molecule has 0 aliphatic heterocycles. The number of carbonyl (C=O) groups excluding carboxylic acids is 1. The van der Waals surface area contributed by atoms with Gasteiger partial charge in [0.25, 0.3) is 0 Å². The topological polar surface area (TPSA) is 69.0 Å². The van der Waals surface area contributed by atoms with Crippen LogP contribution in [0.1, 0.15) is 19.5 Å². The summed E-state index contributed by atoms with van der Waals surface area (Å²) in [6, 6.07) is 24.0. The third-order valence-electron chi connectivity index (χ3n) is 4.72. The Labute approximate surface area is 175 Å². The van der Waals surface area contributed by atoms with Gasteiger partial charge in [-0.3, -0.25) is 4.79 Å². The summed E-state index contributed by atoms with van der Waals surface area (Å²) in [6.07, 6.45) is 0. The van der Waals surface area contributed by atoms with E-state index in [1.165, 1.54) is 0 Å². The highest BCUT2D eigenvalue weighted by molar-refractivity contribution is 5.83. The zero-order valence-electron chi connectivity index (χ0n) is 17.1. The van der Waals surface area contributed by atoms with E-state index in [4.69, 9.17) is 4.74 Å². The smallest absolute Gasteiger partial charge is 0.242 e. The van der Waals surface area contributed by atoms with E-state index in [-0.39, 0.29) is 25.1 Å². The predicted octanol–water partition coefficient (Wildman–Crippen LogP) is 4.20. The van der Waals surface area contributed by atoms with Crippen molar-refractivity contribution in [1.82, 2.24) is 20.3 Å². The monoisotopic (exact) mass is 400 g/mol. The van der Waals surface area contributed by atoms with Gasteiger partial charge in [0.1, 0.15) is 30.3 Å². The molecule has 1 aromatic heterocycles. The largest absolute Gasteiger partial charge is 0.487 e. The lowest BCUT2D eigenvalue weighted by Gasteiger charge is -2.12. The Morgan fingerprint density at radius 2 is 1.73 bits per heavy atom. The number of nitrogens with zero attached hydrogens (tertiary/aromatic N) is 3. The number of nitrogens with one attached hydrogen (secondary N) is 1. The highest BCUT2D eigenvalue weighted by Gasteiger charge is 2.18. The summed E-state index contributed by atoms with van der Waals surface area (Å²) in [6.45, 7) is 4.20. The van der Waals surface area contributed by atoms with E-state index in [9.17, 15) is 4.79 Å². The minimum atomic E-state index is -0.110. The van der Waals surface area contributed by atoms with Gasteiger partial charge in [-0.05, 0) is 36.8 Å². The number of aromatic nitrogens is 3. The maximum Gasteiger partial charge on any atom is 0.242 e. The van der Waals surface area contributed by atoms with Crippen LogP contribution >= 0.6 is 0 Å². The number of hydrogen-bond donors (Lipinski definition) is 1. The second kappa shape index (κ2) is 8.78.